The monoisotopic (exact) mass is 544 g/mol. The molecular weight excluding hydrogens is 520 g/mol. The summed E-state index contributed by atoms with van der Waals surface area (Å²) in [6, 6.07) is 23.9. The second-order valence-corrected chi connectivity index (χ2v) is 10.1. The molecule has 0 bridgehead atoms. The van der Waals surface area contributed by atoms with E-state index in [2.05, 4.69) is 4.99 Å². The Morgan fingerprint density at radius 1 is 1.05 bits per heavy atom. The van der Waals surface area contributed by atoms with Crippen molar-refractivity contribution in [2.75, 3.05) is 6.61 Å². The molecule has 0 amide bonds. The standard InChI is InChI=1S/C30H25ClN2O4S/c1-3-36-29(35)26-19(2)32-30-33(27(26)22-14-8-9-15-23(22)31)28(34)25(38-30)17-21-13-7-10-16-24(21)37-18-20-11-5-4-6-12-20/h4-17,27H,3,18H2,1-2H3/b25-17-/t27-/m1/s1. The maximum Gasteiger partial charge on any atom is 0.338 e. The number of allylic oxidation sites excluding steroid dienone is 1. The van der Waals surface area contributed by atoms with E-state index < -0.39 is 12.0 Å². The van der Waals surface area contributed by atoms with Gasteiger partial charge < -0.3 is 9.47 Å². The second kappa shape index (κ2) is 11.2. The molecule has 38 heavy (non-hydrogen) atoms. The molecule has 3 aromatic carbocycles. The molecule has 4 aromatic rings. The summed E-state index contributed by atoms with van der Waals surface area (Å²) in [5, 5.41) is 0.447. The first-order valence-corrected chi connectivity index (χ1v) is 13.4. The van der Waals surface area contributed by atoms with Gasteiger partial charge in [-0.25, -0.2) is 9.79 Å². The number of benzene rings is 3. The number of carbonyl (C=O) groups is 1. The van der Waals surface area contributed by atoms with Gasteiger partial charge in [0, 0.05) is 10.6 Å². The van der Waals surface area contributed by atoms with Crippen LogP contribution in [0.3, 0.4) is 0 Å². The number of halogens is 1. The molecule has 0 spiro atoms. The Morgan fingerprint density at radius 3 is 2.53 bits per heavy atom. The summed E-state index contributed by atoms with van der Waals surface area (Å²) in [5.74, 6) is 0.140. The minimum atomic E-state index is -0.759. The van der Waals surface area contributed by atoms with E-state index in [1.807, 2.05) is 72.8 Å². The minimum absolute atomic E-state index is 0.203. The third kappa shape index (κ3) is 5.08. The number of hydrogen-bond acceptors (Lipinski definition) is 6. The molecule has 0 fully saturated rings. The van der Waals surface area contributed by atoms with Gasteiger partial charge in [0.1, 0.15) is 18.4 Å². The predicted octanol–water partition coefficient (Wildman–Crippen LogP) is 5.03. The van der Waals surface area contributed by atoms with Gasteiger partial charge in [0.25, 0.3) is 5.56 Å². The topological polar surface area (TPSA) is 69.9 Å². The Morgan fingerprint density at radius 2 is 1.76 bits per heavy atom. The van der Waals surface area contributed by atoms with E-state index in [9.17, 15) is 9.59 Å². The van der Waals surface area contributed by atoms with Crippen LogP contribution in [0.2, 0.25) is 5.02 Å². The van der Waals surface area contributed by atoms with E-state index in [-0.39, 0.29) is 12.2 Å². The van der Waals surface area contributed by atoms with Gasteiger partial charge in [0.15, 0.2) is 4.80 Å². The smallest absolute Gasteiger partial charge is 0.338 e. The van der Waals surface area contributed by atoms with Crippen LogP contribution in [0, 0.1) is 0 Å². The van der Waals surface area contributed by atoms with Gasteiger partial charge in [-0.1, -0.05) is 89.7 Å². The van der Waals surface area contributed by atoms with Crippen LogP contribution in [0.1, 0.15) is 36.6 Å². The summed E-state index contributed by atoms with van der Waals surface area (Å²) >= 11 is 7.83. The first kappa shape index (κ1) is 25.7. The van der Waals surface area contributed by atoms with Crippen molar-refractivity contribution in [2.24, 2.45) is 4.99 Å². The number of carbonyl (C=O) groups excluding carboxylic acids is 1. The first-order chi connectivity index (χ1) is 18.5. The fraction of sp³-hybridized carbons (Fsp3) is 0.167. The molecule has 192 valence electrons. The fourth-order valence-corrected chi connectivity index (χ4v) is 5.67. The van der Waals surface area contributed by atoms with Gasteiger partial charge >= 0.3 is 5.97 Å². The Labute approximate surface area is 228 Å². The number of nitrogens with zero attached hydrogens (tertiary/aromatic N) is 2. The normalized spacial score (nSPS) is 15.1. The summed E-state index contributed by atoms with van der Waals surface area (Å²) in [5.41, 5.74) is 2.96. The molecule has 1 aliphatic heterocycles. The lowest BCUT2D eigenvalue weighted by molar-refractivity contribution is -0.139. The highest BCUT2D eigenvalue weighted by Gasteiger charge is 2.34. The number of ether oxygens (including phenoxy) is 2. The van der Waals surface area contributed by atoms with E-state index in [0.29, 0.717) is 43.5 Å². The number of hydrogen-bond donors (Lipinski definition) is 0. The van der Waals surface area contributed by atoms with Gasteiger partial charge in [0.2, 0.25) is 0 Å². The number of aromatic nitrogens is 1. The largest absolute Gasteiger partial charge is 0.488 e. The fourth-order valence-electron chi connectivity index (χ4n) is 4.39. The molecule has 0 N–H and O–H groups in total. The number of thiazole rings is 1. The van der Waals surface area contributed by atoms with Crippen molar-refractivity contribution in [3.05, 3.63) is 132 Å². The van der Waals surface area contributed by atoms with Crippen molar-refractivity contribution < 1.29 is 14.3 Å². The molecule has 8 heteroatoms. The summed E-state index contributed by atoms with van der Waals surface area (Å²) in [4.78, 5) is 32.0. The molecule has 2 heterocycles. The minimum Gasteiger partial charge on any atom is -0.488 e. The lowest BCUT2D eigenvalue weighted by Gasteiger charge is -2.25. The maximum absolute atomic E-state index is 13.9. The van der Waals surface area contributed by atoms with Gasteiger partial charge in [-0.15, -0.1) is 0 Å². The van der Waals surface area contributed by atoms with E-state index in [4.69, 9.17) is 21.1 Å². The van der Waals surface area contributed by atoms with Crippen molar-refractivity contribution in [1.82, 2.24) is 4.57 Å². The molecule has 0 unspecified atom stereocenters. The molecule has 6 nitrogen and oxygen atoms in total. The molecule has 0 radical (unpaired) electrons. The third-order valence-electron chi connectivity index (χ3n) is 6.16. The highest BCUT2D eigenvalue weighted by molar-refractivity contribution is 7.07. The summed E-state index contributed by atoms with van der Waals surface area (Å²) in [6.45, 7) is 4.10. The molecule has 1 aliphatic rings. The Hall–Kier alpha value is -3.94. The maximum atomic E-state index is 13.9. The highest BCUT2D eigenvalue weighted by atomic mass is 35.5. The van der Waals surface area contributed by atoms with Crippen LogP contribution in [0.15, 0.2) is 99.9 Å². The van der Waals surface area contributed by atoms with Gasteiger partial charge in [0.05, 0.1) is 22.4 Å². The van der Waals surface area contributed by atoms with Crippen molar-refractivity contribution in [3.63, 3.8) is 0 Å². The van der Waals surface area contributed by atoms with Crippen LogP contribution in [0.25, 0.3) is 6.08 Å². The molecule has 0 saturated heterocycles. The molecule has 0 saturated carbocycles. The number of esters is 1. The van der Waals surface area contributed by atoms with E-state index >= 15 is 0 Å². The third-order valence-corrected chi connectivity index (χ3v) is 7.49. The zero-order chi connectivity index (χ0) is 26.6. The van der Waals surface area contributed by atoms with E-state index in [0.717, 1.165) is 11.1 Å². The summed E-state index contributed by atoms with van der Waals surface area (Å²) < 4.78 is 13.4. The number of para-hydroxylation sites is 1. The SMILES string of the molecule is CCOC(=O)C1=C(C)N=c2s/c(=C\c3ccccc3OCc3ccccc3)c(=O)n2[C@@H]1c1ccccc1Cl. The van der Waals surface area contributed by atoms with Crippen LogP contribution in [0.4, 0.5) is 0 Å². The molecule has 1 aromatic heterocycles. The van der Waals surface area contributed by atoms with Crippen molar-refractivity contribution in [2.45, 2.75) is 26.5 Å². The lowest BCUT2D eigenvalue weighted by Crippen LogP contribution is -2.40. The Bertz CT molecular complexity index is 1710. The van der Waals surface area contributed by atoms with Crippen LogP contribution in [-0.2, 0) is 16.1 Å². The van der Waals surface area contributed by atoms with E-state index in [1.54, 1.807) is 26.0 Å². The zero-order valence-electron chi connectivity index (χ0n) is 20.9. The average molecular weight is 545 g/mol. The highest BCUT2D eigenvalue weighted by Crippen LogP contribution is 2.34. The van der Waals surface area contributed by atoms with Crippen molar-refractivity contribution in [1.29, 1.82) is 0 Å². The summed E-state index contributed by atoms with van der Waals surface area (Å²) in [6.07, 6.45) is 1.80. The van der Waals surface area contributed by atoms with Crippen molar-refractivity contribution in [3.8, 4) is 5.75 Å². The second-order valence-electron chi connectivity index (χ2n) is 8.64. The van der Waals surface area contributed by atoms with Gasteiger partial charge in [-0.05, 0) is 43.2 Å². The number of rotatable bonds is 7. The van der Waals surface area contributed by atoms with Crippen LogP contribution < -0.4 is 19.6 Å². The zero-order valence-corrected chi connectivity index (χ0v) is 22.5. The van der Waals surface area contributed by atoms with Crippen LogP contribution in [0.5, 0.6) is 5.75 Å². The molecule has 5 rings (SSSR count). The molecule has 1 atom stereocenters. The summed E-state index contributed by atoms with van der Waals surface area (Å²) in [7, 11) is 0. The average Bonchev–Trinajstić information content (AvgIpc) is 3.22. The van der Waals surface area contributed by atoms with Gasteiger partial charge in [-0.2, -0.15) is 0 Å². The first-order valence-electron chi connectivity index (χ1n) is 12.2. The quantitative estimate of drug-likeness (QED) is 0.306. The molecule has 0 aliphatic carbocycles. The molecular formula is C30H25ClN2O4S. The van der Waals surface area contributed by atoms with Crippen molar-refractivity contribution >= 4 is 35.0 Å². The number of fused-ring (bicyclic) bond motifs is 1. The van der Waals surface area contributed by atoms with Gasteiger partial charge in [-0.3, -0.25) is 9.36 Å². The Balaban J connectivity index is 1.62. The predicted molar refractivity (Wildman–Crippen MR) is 149 cm³/mol. The van der Waals surface area contributed by atoms with Crippen LogP contribution in [-0.4, -0.2) is 17.1 Å². The lowest BCUT2D eigenvalue weighted by atomic mass is 9.96. The Kier molecular flexibility index (Phi) is 7.58. The van der Waals surface area contributed by atoms with E-state index in [1.165, 1.54) is 15.9 Å². The van der Waals surface area contributed by atoms with Crippen LogP contribution >= 0.6 is 22.9 Å².